The van der Waals surface area contributed by atoms with Gasteiger partial charge in [0.05, 0.1) is 23.2 Å². The number of benzene rings is 1. The molecule has 2 aromatic rings. The Hall–Kier alpha value is -1.72. The zero-order valence-corrected chi connectivity index (χ0v) is 14.9. The third-order valence-corrected chi connectivity index (χ3v) is 4.76. The molecular formula is C18H25N3OS. The average molecular weight is 331 g/mol. The van der Waals surface area contributed by atoms with Gasteiger partial charge in [-0.2, -0.15) is 0 Å². The molecule has 0 radical (unpaired) electrons. The lowest BCUT2D eigenvalue weighted by Crippen LogP contribution is -2.38. The van der Waals surface area contributed by atoms with Gasteiger partial charge in [-0.25, -0.2) is 4.98 Å². The normalized spacial score (nSPS) is 12.3. The molecule has 23 heavy (non-hydrogen) atoms. The predicted octanol–water partition coefficient (Wildman–Crippen LogP) is 3.19. The van der Waals surface area contributed by atoms with Gasteiger partial charge in [-0.1, -0.05) is 44.2 Å². The molecule has 1 aromatic heterocycles. The number of hydrogen-bond donors (Lipinski definition) is 1. The quantitative estimate of drug-likeness (QED) is 0.808. The summed E-state index contributed by atoms with van der Waals surface area (Å²) in [5.74, 6) is 0.0309. The summed E-state index contributed by atoms with van der Waals surface area (Å²) in [5.41, 5.74) is 2.09. The Labute approximate surface area is 142 Å². The van der Waals surface area contributed by atoms with Gasteiger partial charge in [0.1, 0.15) is 0 Å². The van der Waals surface area contributed by atoms with Gasteiger partial charge in [-0.05, 0) is 25.6 Å². The molecule has 2 rings (SSSR count). The summed E-state index contributed by atoms with van der Waals surface area (Å²) in [6, 6.07) is 10.6. The lowest BCUT2D eigenvalue weighted by atomic mass is 10.0. The van der Waals surface area contributed by atoms with Gasteiger partial charge in [-0.15, -0.1) is 11.3 Å². The molecule has 0 saturated carbocycles. The molecule has 1 aromatic carbocycles. The Morgan fingerprint density at radius 1 is 1.26 bits per heavy atom. The number of aromatic nitrogens is 1. The zero-order chi connectivity index (χ0) is 16.7. The number of rotatable bonds is 8. The third kappa shape index (κ3) is 5.15. The summed E-state index contributed by atoms with van der Waals surface area (Å²) in [7, 11) is 0. The largest absolute Gasteiger partial charge is 0.354 e. The van der Waals surface area contributed by atoms with Crippen molar-refractivity contribution in [1.82, 2.24) is 15.2 Å². The van der Waals surface area contributed by atoms with E-state index in [1.165, 1.54) is 5.56 Å². The van der Waals surface area contributed by atoms with Crippen molar-refractivity contribution in [1.29, 1.82) is 0 Å². The summed E-state index contributed by atoms with van der Waals surface area (Å²) in [4.78, 5) is 18.9. The summed E-state index contributed by atoms with van der Waals surface area (Å²) >= 11 is 1.58. The number of likely N-dealkylation sites (N-methyl/N-ethyl adjacent to an activating group) is 1. The maximum Gasteiger partial charge on any atom is 0.226 e. The van der Waals surface area contributed by atoms with Crippen LogP contribution in [0.4, 0.5) is 0 Å². The molecule has 4 nitrogen and oxygen atoms in total. The Kier molecular flexibility index (Phi) is 6.74. The number of carbonyl (C=O) groups excluding carboxylic acids is 1. The maximum absolute atomic E-state index is 12.2. The van der Waals surface area contributed by atoms with Crippen molar-refractivity contribution >= 4 is 17.2 Å². The number of aryl methyl sites for hydroxylation is 1. The van der Waals surface area contributed by atoms with Gasteiger partial charge >= 0.3 is 0 Å². The highest BCUT2D eigenvalue weighted by Crippen LogP contribution is 2.19. The van der Waals surface area contributed by atoms with E-state index in [0.29, 0.717) is 13.0 Å². The van der Waals surface area contributed by atoms with Crippen LogP contribution >= 0.6 is 11.3 Å². The summed E-state index contributed by atoms with van der Waals surface area (Å²) in [6.45, 7) is 8.79. The Bertz CT molecular complexity index is 608. The van der Waals surface area contributed by atoms with Crippen LogP contribution in [0.15, 0.2) is 35.7 Å². The first-order valence-electron chi connectivity index (χ1n) is 8.10. The molecule has 0 bridgehead atoms. The minimum atomic E-state index is 0.0309. The molecule has 0 spiro atoms. The fourth-order valence-electron chi connectivity index (χ4n) is 2.72. The van der Waals surface area contributed by atoms with E-state index >= 15 is 0 Å². The average Bonchev–Trinajstić information content (AvgIpc) is 2.97. The van der Waals surface area contributed by atoms with Crippen molar-refractivity contribution in [2.24, 2.45) is 0 Å². The standard InChI is InChI=1S/C18H25N3OS/c1-4-21(5-2)17(15-9-7-6-8-10-15)12-19-18(22)11-16-13-23-14(3)20-16/h6-10,13,17H,4-5,11-12H2,1-3H3,(H,19,22). The first-order chi connectivity index (χ1) is 11.1. The van der Waals surface area contributed by atoms with Crippen LogP contribution in [-0.4, -0.2) is 35.4 Å². The van der Waals surface area contributed by atoms with Gasteiger partial charge in [0.25, 0.3) is 0 Å². The van der Waals surface area contributed by atoms with Crippen molar-refractivity contribution in [3.05, 3.63) is 52.0 Å². The van der Waals surface area contributed by atoms with E-state index in [9.17, 15) is 4.79 Å². The fraction of sp³-hybridized carbons (Fsp3) is 0.444. The molecule has 1 amide bonds. The lowest BCUT2D eigenvalue weighted by Gasteiger charge is -2.30. The lowest BCUT2D eigenvalue weighted by molar-refractivity contribution is -0.120. The molecule has 0 saturated heterocycles. The molecule has 1 N–H and O–H groups in total. The highest BCUT2D eigenvalue weighted by atomic mass is 32.1. The molecular weight excluding hydrogens is 306 g/mol. The number of nitrogens with one attached hydrogen (secondary N) is 1. The number of hydrogen-bond acceptors (Lipinski definition) is 4. The fourth-order valence-corrected chi connectivity index (χ4v) is 3.34. The maximum atomic E-state index is 12.2. The van der Waals surface area contributed by atoms with Crippen molar-refractivity contribution in [3.8, 4) is 0 Å². The molecule has 0 aliphatic heterocycles. The van der Waals surface area contributed by atoms with Crippen LogP contribution in [0.2, 0.25) is 0 Å². The van der Waals surface area contributed by atoms with E-state index in [-0.39, 0.29) is 11.9 Å². The van der Waals surface area contributed by atoms with Gasteiger partial charge in [0, 0.05) is 11.9 Å². The van der Waals surface area contributed by atoms with Gasteiger partial charge in [-0.3, -0.25) is 9.69 Å². The van der Waals surface area contributed by atoms with E-state index in [4.69, 9.17) is 0 Å². The zero-order valence-electron chi connectivity index (χ0n) is 14.1. The highest BCUT2D eigenvalue weighted by molar-refractivity contribution is 7.09. The third-order valence-electron chi connectivity index (χ3n) is 3.94. The summed E-state index contributed by atoms with van der Waals surface area (Å²) < 4.78 is 0. The van der Waals surface area contributed by atoms with Crippen LogP contribution in [0.5, 0.6) is 0 Å². The van der Waals surface area contributed by atoms with Crippen LogP contribution < -0.4 is 5.32 Å². The van der Waals surface area contributed by atoms with Crippen LogP contribution in [0.3, 0.4) is 0 Å². The second kappa shape index (κ2) is 8.79. The number of thiazole rings is 1. The Balaban J connectivity index is 1.99. The van der Waals surface area contributed by atoms with Gasteiger partial charge in [0.15, 0.2) is 0 Å². The second-order valence-corrected chi connectivity index (χ2v) is 6.55. The monoisotopic (exact) mass is 331 g/mol. The molecule has 1 atom stereocenters. The second-order valence-electron chi connectivity index (χ2n) is 5.49. The van der Waals surface area contributed by atoms with Gasteiger partial charge in [0.2, 0.25) is 5.91 Å². The van der Waals surface area contributed by atoms with Crippen molar-refractivity contribution in [2.45, 2.75) is 33.2 Å². The van der Waals surface area contributed by atoms with E-state index in [0.717, 1.165) is 23.8 Å². The van der Waals surface area contributed by atoms with Crippen LogP contribution in [0.1, 0.15) is 36.2 Å². The minimum Gasteiger partial charge on any atom is -0.354 e. The predicted molar refractivity (Wildman–Crippen MR) is 95.7 cm³/mol. The Morgan fingerprint density at radius 2 is 1.96 bits per heavy atom. The highest BCUT2D eigenvalue weighted by Gasteiger charge is 2.18. The topological polar surface area (TPSA) is 45.2 Å². The summed E-state index contributed by atoms with van der Waals surface area (Å²) in [5, 5.41) is 6.02. The molecule has 1 heterocycles. The smallest absolute Gasteiger partial charge is 0.226 e. The van der Waals surface area contributed by atoms with Gasteiger partial charge < -0.3 is 5.32 Å². The molecule has 1 unspecified atom stereocenters. The molecule has 124 valence electrons. The molecule has 0 aliphatic rings. The van der Waals surface area contributed by atoms with Crippen LogP contribution in [0, 0.1) is 6.92 Å². The number of carbonyl (C=O) groups is 1. The Morgan fingerprint density at radius 3 is 2.52 bits per heavy atom. The van der Waals surface area contributed by atoms with E-state index in [1.54, 1.807) is 11.3 Å². The minimum absolute atomic E-state index is 0.0309. The molecule has 5 heteroatoms. The summed E-state index contributed by atoms with van der Waals surface area (Å²) in [6.07, 6.45) is 0.351. The van der Waals surface area contributed by atoms with Crippen molar-refractivity contribution < 1.29 is 4.79 Å². The first kappa shape index (κ1) is 17.6. The van der Waals surface area contributed by atoms with E-state index in [2.05, 4.69) is 41.2 Å². The van der Waals surface area contributed by atoms with Crippen molar-refractivity contribution in [3.63, 3.8) is 0 Å². The molecule has 0 fully saturated rings. The van der Waals surface area contributed by atoms with Crippen LogP contribution in [-0.2, 0) is 11.2 Å². The SMILES string of the molecule is CCN(CC)C(CNC(=O)Cc1csc(C)n1)c1ccccc1. The number of amides is 1. The van der Waals surface area contributed by atoms with E-state index < -0.39 is 0 Å². The number of nitrogens with zero attached hydrogens (tertiary/aromatic N) is 2. The van der Waals surface area contributed by atoms with Crippen LogP contribution in [0.25, 0.3) is 0 Å². The van der Waals surface area contributed by atoms with Crippen molar-refractivity contribution in [2.75, 3.05) is 19.6 Å². The first-order valence-corrected chi connectivity index (χ1v) is 8.98. The molecule has 0 aliphatic carbocycles. The van der Waals surface area contributed by atoms with E-state index in [1.807, 2.05) is 30.5 Å².